The van der Waals surface area contributed by atoms with Gasteiger partial charge >= 0.3 is 5.97 Å². The van der Waals surface area contributed by atoms with Gasteiger partial charge in [0.25, 0.3) is 5.56 Å². The van der Waals surface area contributed by atoms with Gasteiger partial charge in [0.2, 0.25) is 0 Å². The van der Waals surface area contributed by atoms with Gasteiger partial charge in [0.15, 0.2) is 0 Å². The number of aromatic amines is 1. The Morgan fingerprint density at radius 3 is 2.17 bits per heavy atom. The summed E-state index contributed by atoms with van der Waals surface area (Å²) in [7, 11) is 0. The van der Waals surface area contributed by atoms with Gasteiger partial charge in [-0.15, -0.1) is 0 Å². The van der Waals surface area contributed by atoms with Crippen LogP contribution in [0.3, 0.4) is 0 Å². The van der Waals surface area contributed by atoms with Crippen molar-refractivity contribution in [2.24, 2.45) is 0 Å². The molecule has 4 heteroatoms. The average molecular weight is 319 g/mol. The fourth-order valence-corrected chi connectivity index (χ4v) is 2.69. The zero-order valence-electron chi connectivity index (χ0n) is 13.0. The van der Waals surface area contributed by atoms with E-state index < -0.39 is 11.5 Å². The van der Waals surface area contributed by atoms with Crippen molar-refractivity contribution in [2.75, 3.05) is 0 Å². The lowest BCUT2D eigenvalue weighted by Crippen LogP contribution is -2.18. The molecule has 24 heavy (non-hydrogen) atoms. The molecule has 3 aromatic rings. The fourth-order valence-electron chi connectivity index (χ4n) is 2.69. The number of H-pyrrole nitrogens is 1. The van der Waals surface area contributed by atoms with E-state index in [2.05, 4.69) is 29.2 Å². The Balaban J connectivity index is 1.79. The van der Waals surface area contributed by atoms with Crippen LogP contribution in [0.25, 0.3) is 0 Å². The minimum absolute atomic E-state index is 0.239. The summed E-state index contributed by atoms with van der Waals surface area (Å²) in [6, 6.07) is 21.4. The van der Waals surface area contributed by atoms with Crippen LogP contribution in [0.2, 0.25) is 0 Å². The number of rotatable bonds is 5. The van der Waals surface area contributed by atoms with Gasteiger partial charge in [0, 0.05) is 12.1 Å². The van der Waals surface area contributed by atoms with Crippen LogP contribution in [-0.4, -0.2) is 16.1 Å². The van der Waals surface area contributed by atoms with Crippen LogP contribution in [0.4, 0.5) is 0 Å². The zero-order chi connectivity index (χ0) is 16.9. The summed E-state index contributed by atoms with van der Waals surface area (Å²) in [4.78, 5) is 25.3. The van der Waals surface area contributed by atoms with E-state index in [1.54, 1.807) is 6.07 Å². The second-order valence-corrected chi connectivity index (χ2v) is 5.69. The quantitative estimate of drug-likeness (QED) is 0.758. The first-order valence-corrected chi connectivity index (χ1v) is 7.69. The smallest absolute Gasteiger partial charge is 0.341 e. The van der Waals surface area contributed by atoms with Crippen LogP contribution in [0, 0.1) is 0 Å². The second kappa shape index (κ2) is 6.96. The SMILES string of the molecule is O=C(O)c1ccc(Cc2cccc(Cc3ccccc3)c2)[nH]c1=O. The van der Waals surface area contributed by atoms with E-state index >= 15 is 0 Å². The number of aromatic nitrogens is 1. The Kier molecular flexibility index (Phi) is 4.57. The minimum Gasteiger partial charge on any atom is -0.477 e. The lowest BCUT2D eigenvalue weighted by Gasteiger charge is -2.06. The Bertz CT molecular complexity index is 913. The molecule has 3 rings (SSSR count). The highest BCUT2D eigenvalue weighted by molar-refractivity contribution is 5.87. The molecule has 0 aliphatic carbocycles. The van der Waals surface area contributed by atoms with Gasteiger partial charge < -0.3 is 10.1 Å². The molecule has 0 saturated carbocycles. The molecule has 0 spiro atoms. The van der Waals surface area contributed by atoms with Gasteiger partial charge in [0.05, 0.1) is 0 Å². The standard InChI is InChI=1S/C20H17NO3/c22-19-18(20(23)24)10-9-17(21-19)13-16-8-4-7-15(12-16)11-14-5-2-1-3-6-14/h1-10,12H,11,13H2,(H,21,22)(H,23,24). The van der Waals surface area contributed by atoms with Crippen molar-refractivity contribution in [3.63, 3.8) is 0 Å². The molecule has 2 aromatic carbocycles. The molecule has 2 N–H and O–H groups in total. The molecule has 0 atom stereocenters. The molecule has 0 unspecified atom stereocenters. The van der Waals surface area contributed by atoms with Crippen molar-refractivity contribution >= 4 is 5.97 Å². The van der Waals surface area contributed by atoms with E-state index in [0.717, 1.165) is 12.0 Å². The number of carbonyl (C=O) groups is 1. The molecule has 0 aliphatic rings. The highest BCUT2D eigenvalue weighted by atomic mass is 16.4. The number of nitrogens with one attached hydrogen (secondary N) is 1. The molecule has 120 valence electrons. The van der Waals surface area contributed by atoms with Crippen molar-refractivity contribution in [1.82, 2.24) is 4.98 Å². The summed E-state index contributed by atoms with van der Waals surface area (Å²) >= 11 is 0. The molecule has 0 fully saturated rings. The lowest BCUT2D eigenvalue weighted by molar-refractivity contribution is 0.0695. The number of carboxylic acids is 1. The number of hydrogen-bond donors (Lipinski definition) is 2. The predicted octanol–water partition coefficient (Wildman–Crippen LogP) is 3.25. The molecular weight excluding hydrogens is 302 g/mol. The van der Waals surface area contributed by atoms with E-state index in [-0.39, 0.29) is 5.56 Å². The van der Waals surface area contributed by atoms with Crippen molar-refractivity contribution in [1.29, 1.82) is 0 Å². The normalized spacial score (nSPS) is 10.5. The minimum atomic E-state index is -1.22. The topological polar surface area (TPSA) is 70.2 Å². The van der Waals surface area contributed by atoms with Crippen LogP contribution >= 0.6 is 0 Å². The van der Waals surface area contributed by atoms with Crippen LogP contribution in [-0.2, 0) is 12.8 Å². The average Bonchev–Trinajstić information content (AvgIpc) is 2.56. The number of pyridine rings is 1. The van der Waals surface area contributed by atoms with Crippen molar-refractivity contribution in [3.05, 3.63) is 105 Å². The van der Waals surface area contributed by atoms with Gasteiger partial charge in [-0.3, -0.25) is 4.79 Å². The Hall–Kier alpha value is -3.14. The molecule has 4 nitrogen and oxygen atoms in total. The van der Waals surface area contributed by atoms with Gasteiger partial charge in [-0.05, 0) is 35.2 Å². The Morgan fingerprint density at radius 2 is 1.50 bits per heavy atom. The summed E-state index contributed by atoms with van der Waals surface area (Å²) in [5, 5.41) is 8.90. The molecule has 1 heterocycles. The molecule has 0 bridgehead atoms. The molecule has 0 saturated heterocycles. The monoisotopic (exact) mass is 319 g/mol. The first-order chi connectivity index (χ1) is 11.6. The van der Waals surface area contributed by atoms with Crippen LogP contribution in [0.5, 0.6) is 0 Å². The molecular formula is C20H17NO3. The van der Waals surface area contributed by atoms with E-state index in [1.807, 2.05) is 30.3 Å². The van der Waals surface area contributed by atoms with E-state index in [1.165, 1.54) is 17.2 Å². The first-order valence-electron chi connectivity index (χ1n) is 7.69. The number of benzene rings is 2. The van der Waals surface area contributed by atoms with Crippen LogP contribution in [0.15, 0.2) is 71.5 Å². The van der Waals surface area contributed by atoms with Gasteiger partial charge in [-0.25, -0.2) is 4.79 Å². The van der Waals surface area contributed by atoms with Crippen LogP contribution < -0.4 is 5.56 Å². The Morgan fingerprint density at radius 1 is 0.833 bits per heavy atom. The van der Waals surface area contributed by atoms with E-state index in [0.29, 0.717) is 12.1 Å². The second-order valence-electron chi connectivity index (χ2n) is 5.69. The summed E-state index contributed by atoms with van der Waals surface area (Å²) in [5.41, 5.74) is 3.40. The van der Waals surface area contributed by atoms with Gasteiger partial charge in [0.1, 0.15) is 5.56 Å². The summed E-state index contributed by atoms with van der Waals surface area (Å²) < 4.78 is 0. The highest BCUT2D eigenvalue weighted by Crippen LogP contribution is 2.13. The summed E-state index contributed by atoms with van der Waals surface area (Å²) in [6.45, 7) is 0. The van der Waals surface area contributed by atoms with Gasteiger partial charge in [-0.1, -0.05) is 54.6 Å². The van der Waals surface area contributed by atoms with E-state index in [4.69, 9.17) is 5.11 Å². The third kappa shape index (κ3) is 3.79. The fraction of sp³-hybridized carbons (Fsp3) is 0.100. The van der Waals surface area contributed by atoms with Crippen molar-refractivity contribution < 1.29 is 9.90 Å². The molecule has 1 aromatic heterocycles. The largest absolute Gasteiger partial charge is 0.477 e. The van der Waals surface area contributed by atoms with E-state index in [9.17, 15) is 9.59 Å². The maximum Gasteiger partial charge on any atom is 0.341 e. The maximum absolute atomic E-state index is 11.7. The third-order valence-electron chi connectivity index (χ3n) is 3.84. The highest BCUT2D eigenvalue weighted by Gasteiger charge is 2.09. The van der Waals surface area contributed by atoms with Gasteiger partial charge in [-0.2, -0.15) is 0 Å². The molecule has 0 aliphatic heterocycles. The maximum atomic E-state index is 11.7. The number of carboxylic acid groups (broad SMARTS) is 1. The predicted molar refractivity (Wildman–Crippen MR) is 92.5 cm³/mol. The lowest BCUT2D eigenvalue weighted by atomic mass is 10.0. The van der Waals surface area contributed by atoms with Crippen molar-refractivity contribution in [2.45, 2.75) is 12.8 Å². The zero-order valence-corrected chi connectivity index (χ0v) is 13.0. The van der Waals surface area contributed by atoms with Crippen LogP contribution in [0.1, 0.15) is 32.7 Å². The summed E-state index contributed by atoms with van der Waals surface area (Å²) in [5.74, 6) is -1.22. The Labute approximate surface area is 139 Å². The summed E-state index contributed by atoms with van der Waals surface area (Å²) in [6.07, 6.45) is 1.40. The number of hydrogen-bond acceptors (Lipinski definition) is 2. The third-order valence-corrected chi connectivity index (χ3v) is 3.84. The molecule has 0 amide bonds. The van der Waals surface area contributed by atoms with Crippen molar-refractivity contribution in [3.8, 4) is 0 Å². The first kappa shape index (κ1) is 15.7. The molecule has 0 radical (unpaired) electrons. The number of aromatic carboxylic acids is 1.